The molecule has 0 aliphatic rings. The minimum absolute atomic E-state index is 0.411. The Kier molecular flexibility index (Phi) is 3.51. The standard InChI is InChI=1S/C15H14O4/c1-4-5-12-14(18-10(3)16)9(2)8-11-6-7-13(17)19-15(11)12/h4,6-8H,1,5H2,2-3H3. The van der Waals surface area contributed by atoms with Gasteiger partial charge in [-0.25, -0.2) is 4.79 Å². The van der Waals surface area contributed by atoms with Crippen LogP contribution in [0, 0.1) is 6.92 Å². The Bertz CT molecular complexity index is 710. The Labute approximate surface area is 110 Å². The second-order valence-corrected chi connectivity index (χ2v) is 4.26. The predicted molar refractivity (Wildman–Crippen MR) is 72.4 cm³/mol. The van der Waals surface area contributed by atoms with Gasteiger partial charge in [-0.15, -0.1) is 6.58 Å². The lowest BCUT2D eigenvalue weighted by Gasteiger charge is -2.12. The van der Waals surface area contributed by atoms with Gasteiger partial charge in [0, 0.05) is 23.9 Å². The molecular weight excluding hydrogens is 244 g/mol. The third-order valence-corrected chi connectivity index (χ3v) is 2.74. The smallest absolute Gasteiger partial charge is 0.336 e. The Morgan fingerprint density at radius 2 is 2.21 bits per heavy atom. The highest BCUT2D eigenvalue weighted by molar-refractivity contribution is 5.85. The van der Waals surface area contributed by atoms with Crippen LogP contribution in [0.1, 0.15) is 18.1 Å². The summed E-state index contributed by atoms with van der Waals surface area (Å²) in [6.45, 7) is 6.85. The zero-order chi connectivity index (χ0) is 14.0. The summed E-state index contributed by atoms with van der Waals surface area (Å²) in [5, 5.41) is 0.796. The van der Waals surface area contributed by atoms with E-state index in [1.807, 2.05) is 13.0 Å². The molecule has 0 atom stereocenters. The van der Waals surface area contributed by atoms with Gasteiger partial charge in [0.05, 0.1) is 0 Å². The van der Waals surface area contributed by atoms with Crippen LogP contribution < -0.4 is 10.4 Å². The van der Waals surface area contributed by atoms with Gasteiger partial charge in [0.15, 0.2) is 0 Å². The molecule has 0 unspecified atom stereocenters. The number of ether oxygens (including phenoxy) is 1. The molecule has 19 heavy (non-hydrogen) atoms. The van der Waals surface area contributed by atoms with Crippen LogP contribution in [0.5, 0.6) is 5.75 Å². The van der Waals surface area contributed by atoms with Crippen molar-refractivity contribution in [3.05, 3.63) is 52.4 Å². The van der Waals surface area contributed by atoms with E-state index in [2.05, 4.69) is 6.58 Å². The number of hydrogen-bond donors (Lipinski definition) is 0. The molecule has 2 aromatic rings. The first kappa shape index (κ1) is 13.1. The van der Waals surface area contributed by atoms with Gasteiger partial charge in [-0.05, 0) is 31.0 Å². The normalized spacial score (nSPS) is 10.4. The summed E-state index contributed by atoms with van der Waals surface area (Å²) in [5.41, 5.74) is 1.48. The van der Waals surface area contributed by atoms with E-state index in [0.29, 0.717) is 23.3 Å². The van der Waals surface area contributed by atoms with Crippen molar-refractivity contribution in [3.63, 3.8) is 0 Å². The third-order valence-electron chi connectivity index (χ3n) is 2.74. The van der Waals surface area contributed by atoms with Crippen molar-refractivity contribution in [1.82, 2.24) is 0 Å². The lowest BCUT2D eigenvalue weighted by Crippen LogP contribution is -2.07. The van der Waals surface area contributed by atoms with Crippen LogP contribution in [0.3, 0.4) is 0 Å². The number of hydrogen-bond acceptors (Lipinski definition) is 4. The molecule has 4 heteroatoms. The average Bonchev–Trinajstić information content (AvgIpc) is 2.34. The fraction of sp³-hybridized carbons (Fsp3) is 0.200. The van der Waals surface area contributed by atoms with Crippen molar-refractivity contribution < 1.29 is 13.9 Å². The van der Waals surface area contributed by atoms with E-state index in [0.717, 1.165) is 10.9 Å². The number of esters is 1. The van der Waals surface area contributed by atoms with E-state index in [-0.39, 0.29) is 0 Å². The number of benzene rings is 1. The van der Waals surface area contributed by atoms with E-state index < -0.39 is 11.6 Å². The minimum Gasteiger partial charge on any atom is -0.426 e. The number of fused-ring (bicyclic) bond motifs is 1. The first-order valence-corrected chi connectivity index (χ1v) is 5.88. The molecule has 1 aromatic carbocycles. The van der Waals surface area contributed by atoms with Gasteiger partial charge < -0.3 is 9.15 Å². The van der Waals surface area contributed by atoms with Crippen molar-refractivity contribution in [3.8, 4) is 5.75 Å². The molecule has 1 heterocycles. The Morgan fingerprint density at radius 1 is 1.47 bits per heavy atom. The second-order valence-electron chi connectivity index (χ2n) is 4.26. The maximum absolute atomic E-state index is 11.4. The van der Waals surface area contributed by atoms with Gasteiger partial charge in [-0.1, -0.05) is 6.08 Å². The maximum Gasteiger partial charge on any atom is 0.336 e. The monoisotopic (exact) mass is 258 g/mol. The van der Waals surface area contributed by atoms with Gasteiger partial charge >= 0.3 is 11.6 Å². The molecule has 0 radical (unpaired) electrons. The molecule has 0 spiro atoms. The van der Waals surface area contributed by atoms with Crippen molar-refractivity contribution in [1.29, 1.82) is 0 Å². The quantitative estimate of drug-likeness (QED) is 0.367. The molecule has 0 aliphatic carbocycles. The minimum atomic E-state index is -0.435. The first-order valence-electron chi connectivity index (χ1n) is 5.88. The molecule has 0 fully saturated rings. The van der Waals surface area contributed by atoms with Gasteiger partial charge in [-0.3, -0.25) is 4.79 Å². The summed E-state index contributed by atoms with van der Waals surface area (Å²) < 4.78 is 10.5. The summed E-state index contributed by atoms with van der Waals surface area (Å²) >= 11 is 0. The highest BCUT2D eigenvalue weighted by atomic mass is 16.5. The number of carbonyl (C=O) groups excluding carboxylic acids is 1. The van der Waals surface area contributed by atoms with Gasteiger partial charge in [-0.2, -0.15) is 0 Å². The summed E-state index contributed by atoms with van der Waals surface area (Å²) in [7, 11) is 0. The van der Waals surface area contributed by atoms with E-state index in [1.165, 1.54) is 13.0 Å². The predicted octanol–water partition coefficient (Wildman–Crippen LogP) is 2.76. The van der Waals surface area contributed by atoms with Crippen LogP contribution in [0.15, 0.2) is 40.1 Å². The van der Waals surface area contributed by atoms with Crippen molar-refractivity contribution in [2.75, 3.05) is 0 Å². The average molecular weight is 258 g/mol. The molecule has 0 bridgehead atoms. The molecule has 1 aromatic heterocycles. The number of carbonyl (C=O) groups is 1. The van der Waals surface area contributed by atoms with Gasteiger partial charge in [0.2, 0.25) is 0 Å². The lowest BCUT2D eigenvalue weighted by molar-refractivity contribution is -0.131. The molecule has 2 rings (SSSR count). The van der Waals surface area contributed by atoms with Gasteiger partial charge in [0.1, 0.15) is 11.3 Å². The van der Waals surface area contributed by atoms with Gasteiger partial charge in [0.25, 0.3) is 0 Å². The van der Waals surface area contributed by atoms with Crippen molar-refractivity contribution in [2.45, 2.75) is 20.3 Å². The fourth-order valence-electron chi connectivity index (χ4n) is 2.03. The van der Waals surface area contributed by atoms with Crippen LogP contribution in [0.2, 0.25) is 0 Å². The zero-order valence-corrected chi connectivity index (χ0v) is 10.9. The van der Waals surface area contributed by atoms with Crippen LogP contribution in [0.25, 0.3) is 11.0 Å². The molecule has 0 saturated heterocycles. The van der Waals surface area contributed by atoms with Crippen molar-refractivity contribution in [2.24, 2.45) is 0 Å². The topological polar surface area (TPSA) is 56.5 Å². The van der Waals surface area contributed by atoms with Crippen LogP contribution in [-0.2, 0) is 11.2 Å². The SMILES string of the molecule is C=CCc1c(OC(C)=O)c(C)cc2ccc(=O)oc12. The lowest BCUT2D eigenvalue weighted by atomic mass is 10.0. The van der Waals surface area contributed by atoms with E-state index in [4.69, 9.17) is 9.15 Å². The highest BCUT2D eigenvalue weighted by Crippen LogP contribution is 2.32. The largest absolute Gasteiger partial charge is 0.426 e. The third kappa shape index (κ3) is 2.57. The Morgan fingerprint density at radius 3 is 2.84 bits per heavy atom. The van der Waals surface area contributed by atoms with E-state index in [9.17, 15) is 9.59 Å². The summed E-state index contributed by atoms with van der Waals surface area (Å²) in [5.74, 6) is 0.0280. The summed E-state index contributed by atoms with van der Waals surface area (Å²) in [6.07, 6.45) is 2.13. The van der Waals surface area contributed by atoms with Crippen LogP contribution in [0.4, 0.5) is 0 Å². The molecule has 0 saturated carbocycles. The van der Waals surface area contributed by atoms with Crippen LogP contribution >= 0.6 is 0 Å². The van der Waals surface area contributed by atoms with Crippen LogP contribution in [-0.4, -0.2) is 5.97 Å². The first-order chi connectivity index (χ1) is 9.02. The summed E-state index contributed by atoms with van der Waals surface area (Å²) in [6, 6.07) is 4.88. The molecule has 0 N–H and O–H groups in total. The van der Waals surface area contributed by atoms with Crippen molar-refractivity contribution >= 4 is 16.9 Å². The molecule has 4 nitrogen and oxygen atoms in total. The van der Waals surface area contributed by atoms with E-state index in [1.54, 1.807) is 12.1 Å². The van der Waals surface area contributed by atoms with E-state index >= 15 is 0 Å². The molecule has 0 aliphatic heterocycles. The second kappa shape index (κ2) is 5.10. The number of aryl methyl sites for hydroxylation is 1. The fourth-order valence-corrected chi connectivity index (χ4v) is 2.03. The molecule has 98 valence electrons. The highest BCUT2D eigenvalue weighted by Gasteiger charge is 2.15. The summed E-state index contributed by atoms with van der Waals surface area (Å²) in [4.78, 5) is 22.5. The number of allylic oxidation sites excluding steroid dienone is 1. The Hall–Kier alpha value is -2.36. The molecule has 0 amide bonds. The zero-order valence-electron chi connectivity index (χ0n) is 10.9. The molecular formula is C15H14O4. The maximum atomic E-state index is 11.4. The Balaban J connectivity index is 2.81. The number of rotatable bonds is 3.